The number of carbonyl (C=O) groups excluding carboxylic acids is 5. The summed E-state index contributed by atoms with van der Waals surface area (Å²) < 4.78 is 57.8. The van der Waals surface area contributed by atoms with E-state index in [0.717, 1.165) is 27.8 Å². The molecule has 4 aromatic carbocycles. The van der Waals surface area contributed by atoms with E-state index in [1.54, 1.807) is 35.0 Å². The molecule has 3 heterocycles. The standard InChI is InChI=1S/C57H63F2N7O11S/c1-34-50(78-33-62-34)36-9-7-35(8-10-36)31-61-52(69)44-28-40(67)32-66(44)53(70)51(56(2,3)4)65-49(68)18-24-75-26-25-74-22-6-23-76-48-30-43-41(29-47(48)73-5)45(17-21-60-43)77-46-16-15-39(27-42(46)59)64-55(72)57(19-20-57)54(71)63-38-13-11-37(58)12-14-38/h7-17,21,27,29-30,33,40,44,51,67H,6,18-20,22-26,28,31-32H2,1-5H3,(H,61,69)(H,63,71)(H,64,72)(H,65,68)/t40-,44+,51-/m1/s1. The van der Waals surface area contributed by atoms with Gasteiger partial charge in [-0.25, -0.2) is 13.8 Å². The molecule has 0 bridgehead atoms. The van der Waals surface area contributed by atoms with Crippen molar-refractivity contribution in [2.45, 2.75) is 84.5 Å². The first-order valence-electron chi connectivity index (χ1n) is 25.6. The Hall–Kier alpha value is -7.59. The third kappa shape index (κ3) is 14.1. The predicted octanol–water partition coefficient (Wildman–Crippen LogP) is 8.10. The van der Waals surface area contributed by atoms with E-state index in [0.29, 0.717) is 54.0 Å². The lowest BCUT2D eigenvalue weighted by molar-refractivity contribution is -0.144. The van der Waals surface area contributed by atoms with E-state index >= 15 is 4.39 Å². The van der Waals surface area contributed by atoms with Gasteiger partial charge in [0.2, 0.25) is 29.5 Å². The van der Waals surface area contributed by atoms with E-state index in [2.05, 4.69) is 31.2 Å². The number of rotatable bonds is 24. The summed E-state index contributed by atoms with van der Waals surface area (Å²) >= 11 is 1.56. The van der Waals surface area contributed by atoms with Gasteiger partial charge < -0.3 is 55.0 Å². The molecular weight excluding hydrogens is 1030 g/mol. The summed E-state index contributed by atoms with van der Waals surface area (Å²) in [4.78, 5) is 78.0. The summed E-state index contributed by atoms with van der Waals surface area (Å²) in [5.74, 6) is -2.63. The molecule has 1 saturated carbocycles. The quantitative estimate of drug-likeness (QED) is 0.0285. The molecule has 21 heteroatoms. The fourth-order valence-corrected chi connectivity index (χ4v) is 9.64. The van der Waals surface area contributed by atoms with E-state index in [4.69, 9.17) is 23.7 Å². The minimum Gasteiger partial charge on any atom is -0.493 e. The molecule has 3 atom stereocenters. The second-order valence-corrected chi connectivity index (χ2v) is 21.0. The van der Waals surface area contributed by atoms with Crippen LogP contribution in [0.1, 0.15) is 64.1 Å². The molecular formula is C57H63F2N7O11S. The van der Waals surface area contributed by atoms with Crippen molar-refractivity contribution in [1.82, 2.24) is 25.5 Å². The van der Waals surface area contributed by atoms with Gasteiger partial charge in [-0.3, -0.25) is 29.0 Å². The number of nitrogens with zero attached hydrogens (tertiary/aromatic N) is 3. The molecule has 0 radical (unpaired) electrons. The lowest BCUT2D eigenvalue weighted by atomic mass is 9.85. The number of benzene rings is 4. The number of carbonyl (C=O) groups is 5. The first-order valence-corrected chi connectivity index (χ1v) is 26.5. The molecule has 2 aliphatic rings. The number of likely N-dealkylation sites (tertiary alicyclic amines) is 1. The number of hydrogen-bond acceptors (Lipinski definition) is 14. The minimum atomic E-state index is -1.33. The highest BCUT2D eigenvalue weighted by atomic mass is 32.1. The zero-order chi connectivity index (χ0) is 55.6. The lowest BCUT2D eigenvalue weighted by Gasteiger charge is -2.35. The molecule has 1 saturated heterocycles. The van der Waals surface area contributed by atoms with Crippen molar-refractivity contribution in [3.63, 3.8) is 0 Å². The zero-order valence-corrected chi connectivity index (χ0v) is 44.8. The number of aliphatic hydroxyl groups excluding tert-OH is 1. The van der Waals surface area contributed by atoms with Gasteiger partial charge in [0.05, 0.1) is 61.2 Å². The Kier molecular flexibility index (Phi) is 18.3. The predicted molar refractivity (Wildman–Crippen MR) is 288 cm³/mol. The topological polar surface area (TPSA) is 229 Å². The molecule has 8 rings (SSSR count). The molecule has 0 spiro atoms. The van der Waals surface area contributed by atoms with Crippen molar-refractivity contribution >= 4 is 63.2 Å². The van der Waals surface area contributed by atoms with Crippen LogP contribution >= 0.6 is 11.3 Å². The SMILES string of the molecule is COc1cc2c(Oc3ccc(NC(=O)C4(C(=O)Nc5ccc(F)cc5)CC4)cc3F)ccnc2cc1OCCCOCCOCCC(=O)N[C@H](C(=O)N1C[C@H](O)C[C@H]1C(=O)NCc1ccc(-c2scnc2C)cc1)C(C)(C)C. The highest BCUT2D eigenvalue weighted by molar-refractivity contribution is 7.13. The number of halogens is 2. The Labute approximate surface area is 454 Å². The van der Waals surface area contributed by atoms with Gasteiger partial charge in [-0.2, -0.15) is 0 Å². The average molecular weight is 1090 g/mol. The molecule has 18 nitrogen and oxygen atoms in total. The maximum atomic E-state index is 15.5. The van der Waals surface area contributed by atoms with Gasteiger partial charge in [-0.05, 0) is 84.8 Å². The molecule has 6 aromatic rings. The first-order chi connectivity index (χ1) is 37.4. The largest absolute Gasteiger partial charge is 0.493 e. The number of methoxy groups -OCH3 is 1. The summed E-state index contributed by atoms with van der Waals surface area (Å²) in [5.41, 5.74) is 3.60. The number of anilines is 2. The third-order valence-corrected chi connectivity index (χ3v) is 14.3. The van der Waals surface area contributed by atoms with Crippen LogP contribution in [0.2, 0.25) is 0 Å². The number of thiazole rings is 1. The summed E-state index contributed by atoms with van der Waals surface area (Å²) in [6.07, 6.45) is 1.80. The first kappa shape index (κ1) is 56.6. The summed E-state index contributed by atoms with van der Waals surface area (Å²) in [7, 11) is 1.48. The monoisotopic (exact) mass is 1090 g/mol. The highest BCUT2D eigenvalue weighted by Gasteiger charge is 2.56. The number of β-amino-alcohol motifs (C(OH)–C–C–N with tert-alkyl or cyclic N) is 1. The van der Waals surface area contributed by atoms with Crippen LogP contribution in [-0.4, -0.2) is 114 Å². The van der Waals surface area contributed by atoms with Crippen LogP contribution in [0.3, 0.4) is 0 Å². The average Bonchev–Trinajstić information content (AvgIpc) is 4.04. The van der Waals surface area contributed by atoms with Crippen LogP contribution < -0.4 is 35.5 Å². The van der Waals surface area contributed by atoms with Gasteiger partial charge in [0.1, 0.15) is 29.1 Å². The number of hydrogen-bond donors (Lipinski definition) is 5. The fraction of sp³-hybridized carbons (Fsp3) is 0.386. The molecule has 1 aliphatic heterocycles. The Morgan fingerprint density at radius 2 is 1.53 bits per heavy atom. The van der Waals surface area contributed by atoms with Crippen molar-refractivity contribution in [1.29, 1.82) is 0 Å². The number of aromatic nitrogens is 2. The molecule has 5 N–H and O–H groups in total. The van der Waals surface area contributed by atoms with E-state index in [1.807, 2.05) is 52.0 Å². The van der Waals surface area contributed by atoms with E-state index in [1.165, 1.54) is 54.6 Å². The molecule has 5 amide bonds. The van der Waals surface area contributed by atoms with Crippen LogP contribution in [0.25, 0.3) is 21.3 Å². The fourth-order valence-electron chi connectivity index (χ4n) is 8.83. The second-order valence-electron chi connectivity index (χ2n) is 20.2. The van der Waals surface area contributed by atoms with Crippen LogP contribution in [0.15, 0.2) is 96.6 Å². The molecule has 2 aromatic heterocycles. The van der Waals surface area contributed by atoms with Crippen molar-refractivity contribution < 1.29 is 61.5 Å². The Bertz CT molecular complexity index is 3110. The Balaban J connectivity index is 0.735. The number of amides is 5. The van der Waals surface area contributed by atoms with Gasteiger partial charge in [-0.15, -0.1) is 11.3 Å². The van der Waals surface area contributed by atoms with E-state index in [-0.39, 0.29) is 75.5 Å². The lowest BCUT2D eigenvalue weighted by Crippen LogP contribution is -2.57. The zero-order valence-electron chi connectivity index (χ0n) is 44.0. The van der Waals surface area contributed by atoms with Crippen LogP contribution in [0, 0.1) is 29.4 Å². The minimum absolute atomic E-state index is 0.0180. The third-order valence-electron chi connectivity index (χ3n) is 13.4. The molecule has 1 aliphatic carbocycles. The smallest absolute Gasteiger partial charge is 0.246 e. The van der Waals surface area contributed by atoms with Gasteiger partial charge in [0.25, 0.3) is 0 Å². The second kappa shape index (κ2) is 25.3. The molecule has 412 valence electrons. The normalized spacial score (nSPS) is 16.0. The molecule has 2 fully saturated rings. The Morgan fingerprint density at radius 3 is 2.19 bits per heavy atom. The Morgan fingerprint density at radius 1 is 0.821 bits per heavy atom. The van der Waals surface area contributed by atoms with Crippen LogP contribution in [0.4, 0.5) is 20.2 Å². The van der Waals surface area contributed by atoms with Crippen molar-refractivity contribution in [3.05, 3.63) is 120 Å². The number of aryl methyl sites for hydroxylation is 1. The van der Waals surface area contributed by atoms with Crippen molar-refractivity contribution in [2.75, 3.05) is 57.3 Å². The summed E-state index contributed by atoms with van der Waals surface area (Å²) in [6.45, 7) is 8.81. The maximum absolute atomic E-state index is 15.5. The summed E-state index contributed by atoms with van der Waals surface area (Å²) in [5, 5.41) is 22.1. The van der Waals surface area contributed by atoms with E-state index in [9.17, 15) is 33.5 Å². The van der Waals surface area contributed by atoms with Gasteiger partial charge in [0, 0.05) is 74.0 Å². The van der Waals surface area contributed by atoms with Crippen molar-refractivity contribution in [2.24, 2.45) is 10.8 Å². The number of fused-ring (bicyclic) bond motifs is 1. The van der Waals surface area contributed by atoms with Gasteiger partial charge in [0.15, 0.2) is 23.1 Å². The molecule has 0 unspecified atom stereocenters. The molecule has 78 heavy (non-hydrogen) atoms. The highest BCUT2D eigenvalue weighted by Crippen LogP contribution is 2.48. The number of ether oxygens (including phenoxy) is 5. The van der Waals surface area contributed by atoms with Crippen LogP contribution in [0.5, 0.6) is 23.0 Å². The van der Waals surface area contributed by atoms with Crippen LogP contribution in [-0.2, 0) is 40.0 Å². The van der Waals surface area contributed by atoms with Gasteiger partial charge in [-0.1, -0.05) is 45.0 Å². The summed E-state index contributed by atoms with van der Waals surface area (Å²) in [6, 6.07) is 20.0. The number of aliphatic hydroxyl groups is 1. The van der Waals surface area contributed by atoms with E-state index < -0.39 is 64.3 Å². The number of pyridine rings is 1. The van der Waals surface area contributed by atoms with Gasteiger partial charge >= 0.3 is 0 Å². The number of nitrogens with one attached hydrogen (secondary N) is 4. The van der Waals surface area contributed by atoms with Crippen molar-refractivity contribution in [3.8, 4) is 33.4 Å². The maximum Gasteiger partial charge on any atom is 0.246 e.